The van der Waals surface area contributed by atoms with Gasteiger partial charge in [-0.2, -0.15) is 0 Å². The molecule has 0 amide bonds. The van der Waals surface area contributed by atoms with E-state index in [1.807, 2.05) is 0 Å². The molecule has 0 spiro atoms. The summed E-state index contributed by atoms with van der Waals surface area (Å²) in [5.41, 5.74) is 1.23. The van der Waals surface area contributed by atoms with Crippen molar-refractivity contribution in [3.05, 3.63) is 113 Å². The van der Waals surface area contributed by atoms with Crippen LogP contribution in [0.5, 0.6) is 17.2 Å². The molecule has 3 aromatic carbocycles. The summed E-state index contributed by atoms with van der Waals surface area (Å²) < 4.78 is 42.2. The molecule has 6 rings (SSSR count). The molecule has 0 aliphatic carbocycles. The Hall–Kier alpha value is -5.35. The number of aromatic nitrogens is 3. The molecule has 8 nitrogen and oxygen atoms in total. The van der Waals surface area contributed by atoms with Gasteiger partial charge in [-0.25, -0.2) is 13.8 Å². The fourth-order valence-corrected chi connectivity index (χ4v) is 4.81. The number of benzene rings is 3. The Kier molecular flexibility index (Phi) is 7.44. The lowest BCUT2D eigenvalue weighted by molar-refractivity contribution is 0.0285. The Morgan fingerprint density at radius 1 is 0.932 bits per heavy atom. The minimum Gasteiger partial charge on any atom is -0.491 e. The van der Waals surface area contributed by atoms with Gasteiger partial charge in [0.05, 0.1) is 22.0 Å². The van der Waals surface area contributed by atoms with Gasteiger partial charge in [-0.3, -0.25) is 9.78 Å². The Balaban J connectivity index is 1.28. The molecule has 0 atom stereocenters. The molecule has 0 saturated carbocycles. The molecule has 0 fully saturated rings. The van der Waals surface area contributed by atoms with Gasteiger partial charge < -0.3 is 24.5 Å². The highest BCUT2D eigenvalue weighted by Crippen LogP contribution is 2.34. The first-order valence-corrected chi connectivity index (χ1v) is 13.8. The molecule has 0 bridgehead atoms. The number of hydrogen-bond acceptors (Lipinski definition) is 7. The number of hydrogen-bond donors (Lipinski definition) is 2. The van der Waals surface area contributed by atoms with Crippen LogP contribution < -0.4 is 20.2 Å². The van der Waals surface area contributed by atoms with Crippen molar-refractivity contribution >= 4 is 33.3 Å². The number of rotatable bonds is 8. The van der Waals surface area contributed by atoms with E-state index in [2.05, 4.69) is 15.3 Å². The van der Waals surface area contributed by atoms with Crippen LogP contribution >= 0.6 is 0 Å². The largest absolute Gasteiger partial charge is 0.491 e. The predicted octanol–water partition coefficient (Wildman–Crippen LogP) is 7.11. The number of ether oxygens (including phenoxy) is 2. The molecule has 6 aromatic rings. The van der Waals surface area contributed by atoms with Crippen molar-refractivity contribution in [2.45, 2.75) is 19.4 Å². The minimum atomic E-state index is -0.988. The molecule has 44 heavy (non-hydrogen) atoms. The van der Waals surface area contributed by atoms with Gasteiger partial charge in [-0.15, -0.1) is 0 Å². The highest BCUT2D eigenvalue weighted by atomic mass is 19.1. The lowest BCUT2D eigenvalue weighted by Crippen LogP contribution is -2.27. The number of aryl methyl sites for hydroxylation is 1. The zero-order valence-corrected chi connectivity index (χ0v) is 24.1. The van der Waals surface area contributed by atoms with E-state index >= 15 is 4.39 Å². The Bertz CT molecular complexity index is 2070. The third kappa shape index (κ3) is 5.93. The molecule has 3 heterocycles. The second kappa shape index (κ2) is 11.4. The zero-order valence-electron chi connectivity index (χ0n) is 24.1. The van der Waals surface area contributed by atoms with Crippen LogP contribution in [0.3, 0.4) is 0 Å². The van der Waals surface area contributed by atoms with Gasteiger partial charge in [-0.05, 0) is 67.9 Å². The van der Waals surface area contributed by atoms with Crippen LogP contribution in [0.15, 0.2) is 96.2 Å². The molecule has 0 aliphatic heterocycles. The third-order valence-corrected chi connectivity index (χ3v) is 6.94. The van der Waals surface area contributed by atoms with Gasteiger partial charge in [0.25, 0.3) is 0 Å². The Morgan fingerprint density at radius 2 is 1.70 bits per heavy atom. The number of fused-ring (bicyclic) bond motifs is 2. The van der Waals surface area contributed by atoms with Gasteiger partial charge in [-0.1, -0.05) is 12.1 Å². The lowest BCUT2D eigenvalue weighted by Gasteiger charge is -2.18. The average Bonchev–Trinajstić information content (AvgIpc) is 2.99. The van der Waals surface area contributed by atoms with Gasteiger partial charge in [0, 0.05) is 54.4 Å². The zero-order chi connectivity index (χ0) is 31.0. The molecular formula is C34H28F2N4O4. The smallest absolute Gasteiger partial charge is 0.200 e. The Morgan fingerprint density at radius 3 is 2.45 bits per heavy atom. The highest BCUT2D eigenvalue weighted by Gasteiger charge is 2.17. The molecule has 222 valence electrons. The summed E-state index contributed by atoms with van der Waals surface area (Å²) in [5.74, 6) is 0.145. The van der Waals surface area contributed by atoms with Crippen molar-refractivity contribution in [2.24, 2.45) is 7.05 Å². The number of nitrogens with zero attached hydrogens (tertiary/aromatic N) is 3. The second-order valence-corrected chi connectivity index (χ2v) is 11.0. The van der Waals surface area contributed by atoms with Gasteiger partial charge in [0.2, 0.25) is 5.43 Å². The van der Waals surface area contributed by atoms with Crippen molar-refractivity contribution in [3.63, 3.8) is 0 Å². The first-order valence-electron chi connectivity index (χ1n) is 13.8. The quantitative estimate of drug-likeness (QED) is 0.194. The van der Waals surface area contributed by atoms with E-state index in [0.29, 0.717) is 50.1 Å². The standard InChI is InChI=1S/C34H28F2N4O4/c1-34(2,42)19-43-23-9-10-24-27(17-23)37-15-13-29(24)44-30-11-8-22(16-26(30)36)39-33-31-28(12-14-38-33)40(3)18-25(32(31)41)20-4-6-21(35)7-5-20/h4-18,42H,19H2,1-3H3,(H,38,39). The van der Waals surface area contributed by atoms with Crippen molar-refractivity contribution in [3.8, 4) is 28.4 Å². The summed E-state index contributed by atoms with van der Waals surface area (Å²) in [6.45, 7) is 3.41. The minimum absolute atomic E-state index is 0.00852. The SMILES string of the molecule is Cn1cc(-c2ccc(F)cc2)c(=O)c2c(Nc3ccc(Oc4ccnc5cc(OCC(C)(C)O)ccc45)c(F)c3)nccc21. The van der Waals surface area contributed by atoms with Gasteiger partial charge >= 0.3 is 0 Å². The van der Waals surface area contributed by atoms with Crippen molar-refractivity contribution in [1.82, 2.24) is 14.5 Å². The second-order valence-electron chi connectivity index (χ2n) is 11.0. The monoisotopic (exact) mass is 594 g/mol. The maximum Gasteiger partial charge on any atom is 0.200 e. The van der Waals surface area contributed by atoms with Crippen LogP contribution in [0, 0.1) is 11.6 Å². The van der Waals surface area contributed by atoms with Crippen LogP contribution in [0.1, 0.15) is 13.8 Å². The van der Waals surface area contributed by atoms with Crippen LogP contribution in [0.2, 0.25) is 0 Å². The van der Waals surface area contributed by atoms with Crippen molar-refractivity contribution in [2.75, 3.05) is 11.9 Å². The van der Waals surface area contributed by atoms with Crippen LogP contribution in [-0.4, -0.2) is 31.8 Å². The molecule has 0 radical (unpaired) electrons. The van der Waals surface area contributed by atoms with Gasteiger partial charge in [0.15, 0.2) is 11.6 Å². The summed E-state index contributed by atoms with van der Waals surface area (Å²) in [6.07, 6.45) is 4.81. The molecule has 3 aromatic heterocycles. The number of aliphatic hydroxyl groups is 1. The van der Waals surface area contributed by atoms with Crippen molar-refractivity contribution in [1.29, 1.82) is 0 Å². The molecular weight excluding hydrogens is 566 g/mol. The van der Waals surface area contributed by atoms with Crippen LogP contribution in [-0.2, 0) is 7.05 Å². The van der Waals surface area contributed by atoms with Crippen LogP contribution in [0.4, 0.5) is 20.3 Å². The first kappa shape index (κ1) is 28.8. The predicted molar refractivity (Wildman–Crippen MR) is 166 cm³/mol. The van der Waals surface area contributed by atoms with E-state index in [9.17, 15) is 14.3 Å². The topological polar surface area (TPSA) is 98.5 Å². The first-order chi connectivity index (χ1) is 21.1. The van der Waals surface area contributed by atoms with Crippen LogP contribution in [0.25, 0.3) is 32.9 Å². The highest BCUT2D eigenvalue weighted by molar-refractivity contribution is 5.93. The van der Waals surface area contributed by atoms with E-state index < -0.39 is 17.2 Å². The summed E-state index contributed by atoms with van der Waals surface area (Å²) >= 11 is 0. The van der Waals surface area contributed by atoms with E-state index in [1.165, 1.54) is 24.3 Å². The summed E-state index contributed by atoms with van der Waals surface area (Å²) in [4.78, 5) is 22.3. The number of nitrogens with one attached hydrogen (secondary N) is 1. The molecule has 0 saturated heterocycles. The number of pyridine rings is 3. The normalized spacial score (nSPS) is 11.6. The fraction of sp³-hybridized carbons (Fsp3) is 0.147. The average molecular weight is 595 g/mol. The molecule has 10 heteroatoms. The summed E-state index contributed by atoms with van der Waals surface area (Å²) in [5, 5.41) is 14.0. The van der Waals surface area contributed by atoms with E-state index in [-0.39, 0.29) is 23.6 Å². The third-order valence-electron chi connectivity index (χ3n) is 6.94. The van der Waals surface area contributed by atoms with E-state index in [4.69, 9.17) is 9.47 Å². The maximum absolute atomic E-state index is 15.3. The molecule has 0 aliphatic rings. The number of halogens is 2. The lowest BCUT2D eigenvalue weighted by atomic mass is 10.0. The maximum atomic E-state index is 15.3. The molecule has 2 N–H and O–H groups in total. The van der Waals surface area contributed by atoms with Gasteiger partial charge in [0.1, 0.15) is 29.7 Å². The Labute approximate surface area is 251 Å². The van der Waals surface area contributed by atoms with E-state index in [1.54, 1.807) is 92.6 Å². The van der Waals surface area contributed by atoms with E-state index in [0.717, 1.165) is 0 Å². The molecule has 0 unspecified atom stereocenters. The summed E-state index contributed by atoms with van der Waals surface area (Å²) in [7, 11) is 1.80. The fourth-order valence-electron chi connectivity index (χ4n) is 4.81. The number of anilines is 2. The van der Waals surface area contributed by atoms with Crippen molar-refractivity contribution < 1.29 is 23.4 Å². The summed E-state index contributed by atoms with van der Waals surface area (Å²) in [6, 6.07) is 18.6.